The molecule has 0 aliphatic carbocycles. The van der Waals surface area contributed by atoms with Crippen molar-refractivity contribution in [2.75, 3.05) is 7.11 Å². The van der Waals surface area contributed by atoms with Crippen molar-refractivity contribution in [1.29, 1.82) is 5.26 Å². The van der Waals surface area contributed by atoms with Crippen molar-refractivity contribution in [2.45, 2.75) is 19.3 Å². The van der Waals surface area contributed by atoms with E-state index >= 15 is 0 Å². The van der Waals surface area contributed by atoms with E-state index < -0.39 is 5.97 Å². The smallest absolute Gasteiger partial charge is 0.305 e. The number of ketones is 1. The maximum absolute atomic E-state index is 10.6. The van der Waals surface area contributed by atoms with E-state index in [1.165, 1.54) is 7.11 Å². The van der Waals surface area contributed by atoms with Crippen molar-refractivity contribution in [3.63, 3.8) is 0 Å². The minimum absolute atomic E-state index is 0.0665. The van der Waals surface area contributed by atoms with Crippen molar-refractivity contribution < 1.29 is 14.3 Å². The number of hydrogen-bond donors (Lipinski definition) is 0. The predicted octanol–water partition coefficient (Wildman–Crippen LogP) is 0.422. The normalized spacial score (nSPS) is 8.36. The largest absolute Gasteiger partial charge is 0.469 e. The Kier molecular flexibility index (Phi) is 4.74. The summed E-state index contributed by atoms with van der Waals surface area (Å²) in [4.78, 5) is 21.1. The Bertz CT molecular complexity index is 192. The average Bonchev–Trinajstić information content (AvgIpc) is 2.01. The molecule has 0 atom stereocenters. The molecule has 0 saturated carbocycles. The Labute approximate surface area is 64.8 Å². The lowest BCUT2D eigenvalue weighted by molar-refractivity contribution is -0.141. The van der Waals surface area contributed by atoms with Gasteiger partial charge >= 0.3 is 5.97 Å². The minimum atomic E-state index is -0.420. The number of Topliss-reactive ketones (excluding diaryl/α,β-unsaturated/α-hetero) is 1. The van der Waals surface area contributed by atoms with E-state index in [-0.39, 0.29) is 25.0 Å². The molecule has 0 aliphatic heterocycles. The van der Waals surface area contributed by atoms with Gasteiger partial charge in [-0.1, -0.05) is 0 Å². The third-order valence-corrected chi connectivity index (χ3v) is 1.11. The zero-order chi connectivity index (χ0) is 8.69. The van der Waals surface area contributed by atoms with Gasteiger partial charge in [-0.3, -0.25) is 9.59 Å². The van der Waals surface area contributed by atoms with Crippen LogP contribution in [-0.4, -0.2) is 18.9 Å². The first-order chi connectivity index (χ1) is 5.20. The second-order valence-electron chi connectivity index (χ2n) is 1.95. The van der Waals surface area contributed by atoms with Crippen molar-refractivity contribution in [3.05, 3.63) is 0 Å². The molecule has 0 spiro atoms. The van der Waals surface area contributed by atoms with E-state index in [1.807, 2.05) is 0 Å². The van der Waals surface area contributed by atoms with Gasteiger partial charge in [0.1, 0.15) is 5.78 Å². The molecule has 0 radical (unpaired) electrons. The van der Waals surface area contributed by atoms with E-state index in [4.69, 9.17) is 5.26 Å². The Morgan fingerprint density at radius 3 is 2.55 bits per heavy atom. The Balaban J connectivity index is 3.47. The summed E-state index contributed by atoms with van der Waals surface area (Å²) in [5.74, 6) is -0.644. The highest BCUT2D eigenvalue weighted by Gasteiger charge is 2.05. The summed E-state index contributed by atoms with van der Waals surface area (Å²) in [5, 5.41) is 8.07. The number of hydrogen-bond acceptors (Lipinski definition) is 4. The molecule has 11 heavy (non-hydrogen) atoms. The van der Waals surface area contributed by atoms with Crippen LogP contribution in [0.4, 0.5) is 0 Å². The Morgan fingerprint density at radius 1 is 1.45 bits per heavy atom. The van der Waals surface area contributed by atoms with E-state index in [1.54, 1.807) is 6.07 Å². The van der Waals surface area contributed by atoms with Crippen molar-refractivity contribution in [1.82, 2.24) is 0 Å². The van der Waals surface area contributed by atoms with Gasteiger partial charge in [-0.05, 0) is 0 Å². The number of methoxy groups -OCH3 is 1. The SMILES string of the molecule is COC(=O)CCC(=O)CC#N. The third-order valence-electron chi connectivity index (χ3n) is 1.11. The summed E-state index contributed by atoms with van der Waals surface area (Å²) < 4.78 is 4.30. The molecule has 0 amide bonds. The van der Waals surface area contributed by atoms with Crippen molar-refractivity contribution >= 4 is 11.8 Å². The molecular weight excluding hydrogens is 146 g/mol. The van der Waals surface area contributed by atoms with Gasteiger partial charge in [0.2, 0.25) is 0 Å². The van der Waals surface area contributed by atoms with E-state index in [9.17, 15) is 9.59 Å². The van der Waals surface area contributed by atoms with Crippen LogP contribution in [-0.2, 0) is 14.3 Å². The van der Waals surface area contributed by atoms with Crippen LogP contribution in [0.2, 0.25) is 0 Å². The predicted molar refractivity (Wildman–Crippen MR) is 36.5 cm³/mol. The molecule has 0 aromatic heterocycles. The molecule has 0 bridgehead atoms. The molecule has 0 aliphatic rings. The number of rotatable bonds is 4. The van der Waals surface area contributed by atoms with Gasteiger partial charge in [0.05, 0.1) is 26.0 Å². The molecule has 0 aromatic carbocycles. The second kappa shape index (κ2) is 5.42. The lowest BCUT2D eigenvalue weighted by Crippen LogP contribution is -2.04. The zero-order valence-electron chi connectivity index (χ0n) is 6.29. The topological polar surface area (TPSA) is 67.2 Å². The molecule has 0 heterocycles. The number of ether oxygens (including phenoxy) is 1. The third kappa shape index (κ3) is 5.09. The molecule has 0 aromatic rings. The zero-order valence-corrected chi connectivity index (χ0v) is 6.29. The summed E-state index contributed by atoms with van der Waals surface area (Å²) in [5.41, 5.74) is 0. The molecule has 0 N–H and O–H groups in total. The van der Waals surface area contributed by atoms with Crippen LogP contribution in [0.15, 0.2) is 0 Å². The fraction of sp³-hybridized carbons (Fsp3) is 0.571. The number of nitrogens with zero attached hydrogens (tertiary/aromatic N) is 1. The van der Waals surface area contributed by atoms with Crippen LogP contribution < -0.4 is 0 Å². The van der Waals surface area contributed by atoms with Gasteiger partial charge in [-0.15, -0.1) is 0 Å². The van der Waals surface area contributed by atoms with E-state index in [2.05, 4.69) is 4.74 Å². The van der Waals surface area contributed by atoms with Crippen LogP contribution in [0.5, 0.6) is 0 Å². The molecular formula is C7H9NO3. The molecule has 4 nitrogen and oxygen atoms in total. The summed E-state index contributed by atoms with van der Waals surface area (Å²) in [6, 6.07) is 1.71. The van der Waals surface area contributed by atoms with Gasteiger partial charge < -0.3 is 4.74 Å². The van der Waals surface area contributed by atoms with Gasteiger partial charge in [-0.2, -0.15) is 5.26 Å². The average molecular weight is 155 g/mol. The first-order valence-corrected chi connectivity index (χ1v) is 3.16. The van der Waals surface area contributed by atoms with Crippen LogP contribution in [0, 0.1) is 11.3 Å². The van der Waals surface area contributed by atoms with Crippen molar-refractivity contribution in [2.24, 2.45) is 0 Å². The van der Waals surface area contributed by atoms with E-state index in [0.717, 1.165) is 0 Å². The fourth-order valence-electron chi connectivity index (χ4n) is 0.520. The van der Waals surface area contributed by atoms with E-state index in [0.29, 0.717) is 0 Å². The Hall–Kier alpha value is -1.37. The monoisotopic (exact) mass is 155 g/mol. The summed E-state index contributed by atoms with van der Waals surface area (Å²) in [6.45, 7) is 0. The number of carbonyl (C=O) groups is 2. The van der Waals surface area contributed by atoms with Crippen LogP contribution in [0.3, 0.4) is 0 Å². The van der Waals surface area contributed by atoms with Crippen LogP contribution >= 0.6 is 0 Å². The van der Waals surface area contributed by atoms with Crippen molar-refractivity contribution in [3.8, 4) is 6.07 Å². The molecule has 0 fully saturated rings. The van der Waals surface area contributed by atoms with Crippen LogP contribution in [0.1, 0.15) is 19.3 Å². The maximum atomic E-state index is 10.6. The molecule has 4 heteroatoms. The first-order valence-electron chi connectivity index (χ1n) is 3.16. The highest BCUT2D eigenvalue weighted by molar-refractivity contribution is 5.84. The summed E-state index contributed by atoms with van der Waals surface area (Å²) in [6.07, 6.45) is 0.0360. The number of carbonyl (C=O) groups excluding carboxylic acids is 2. The Morgan fingerprint density at radius 2 is 2.09 bits per heavy atom. The van der Waals surface area contributed by atoms with Gasteiger partial charge in [0.25, 0.3) is 0 Å². The maximum Gasteiger partial charge on any atom is 0.305 e. The molecule has 0 rings (SSSR count). The highest BCUT2D eigenvalue weighted by Crippen LogP contribution is 1.95. The quantitative estimate of drug-likeness (QED) is 0.552. The molecule has 0 saturated heterocycles. The number of esters is 1. The molecule has 60 valence electrons. The summed E-state index contributed by atoms with van der Waals surface area (Å²) in [7, 11) is 1.26. The lowest BCUT2D eigenvalue weighted by Gasteiger charge is -1.95. The van der Waals surface area contributed by atoms with Gasteiger partial charge in [-0.25, -0.2) is 0 Å². The van der Waals surface area contributed by atoms with Gasteiger partial charge in [0.15, 0.2) is 0 Å². The lowest BCUT2D eigenvalue weighted by atomic mass is 10.2. The van der Waals surface area contributed by atoms with Crippen LogP contribution in [0.25, 0.3) is 0 Å². The molecule has 0 unspecified atom stereocenters. The summed E-state index contributed by atoms with van der Waals surface area (Å²) >= 11 is 0. The first kappa shape index (κ1) is 9.63. The fourth-order valence-corrected chi connectivity index (χ4v) is 0.520. The standard InChI is InChI=1S/C7H9NO3/c1-11-7(10)3-2-6(9)4-5-8/h2-4H2,1H3. The second-order valence-corrected chi connectivity index (χ2v) is 1.95. The van der Waals surface area contributed by atoms with Gasteiger partial charge in [0, 0.05) is 6.42 Å². The minimum Gasteiger partial charge on any atom is -0.469 e. The number of nitriles is 1. The highest BCUT2D eigenvalue weighted by atomic mass is 16.5.